The summed E-state index contributed by atoms with van der Waals surface area (Å²) in [5, 5.41) is 18.3. The van der Waals surface area contributed by atoms with E-state index >= 15 is 0 Å². The van der Waals surface area contributed by atoms with E-state index in [4.69, 9.17) is 19.1 Å². The zero-order valence-corrected chi connectivity index (χ0v) is 34.2. The molecule has 0 saturated heterocycles. The molecule has 0 aliphatic rings. The maximum absolute atomic E-state index is 12.5. The molecular formula is C44H69O10P. The summed E-state index contributed by atoms with van der Waals surface area (Å²) in [6, 6.07) is 0. The highest BCUT2D eigenvalue weighted by molar-refractivity contribution is 7.47. The predicted octanol–water partition coefficient (Wildman–Crippen LogP) is 10.2. The van der Waals surface area contributed by atoms with Crippen LogP contribution in [0.3, 0.4) is 0 Å². The molecule has 0 aromatic carbocycles. The molecule has 0 fully saturated rings. The SMILES string of the molecule is CC/C=C\C/C=C\C/C=C\C/C=C\C/C=C\CC(=O)OC(COC(=O)CCCCCC/C=C\C/C=C\C/C=C\C/C=C\CC)COP(=O)(O)OCC(O)CO. The lowest BCUT2D eigenvalue weighted by atomic mass is 10.1. The molecule has 55 heavy (non-hydrogen) atoms. The van der Waals surface area contributed by atoms with Gasteiger partial charge >= 0.3 is 19.8 Å². The molecule has 0 aromatic heterocycles. The van der Waals surface area contributed by atoms with Crippen molar-refractivity contribution in [3.05, 3.63) is 109 Å². The van der Waals surface area contributed by atoms with Crippen LogP contribution in [0.4, 0.5) is 0 Å². The molecule has 3 atom stereocenters. The lowest BCUT2D eigenvalue weighted by molar-refractivity contribution is -0.160. The zero-order chi connectivity index (χ0) is 40.5. The number of esters is 2. The first-order chi connectivity index (χ1) is 26.7. The molecule has 0 radical (unpaired) electrons. The molecule has 0 aliphatic heterocycles. The minimum atomic E-state index is -4.65. The van der Waals surface area contributed by atoms with Crippen molar-refractivity contribution in [3.8, 4) is 0 Å². The Balaban J connectivity index is 4.55. The van der Waals surface area contributed by atoms with E-state index in [-0.39, 0.29) is 19.4 Å². The zero-order valence-electron chi connectivity index (χ0n) is 33.3. The van der Waals surface area contributed by atoms with Crippen molar-refractivity contribution in [3.63, 3.8) is 0 Å². The molecule has 0 rings (SSSR count). The number of unbranched alkanes of at least 4 members (excludes halogenated alkanes) is 4. The number of allylic oxidation sites excluding steroid dienone is 17. The maximum atomic E-state index is 12.5. The van der Waals surface area contributed by atoms with Gasteiger partial charge in [-0.2, -0.15) is 0 Å². The van der Waals surface area contributed by atoms with Gasteiger partial charge in [0.2, 0.25) is 0 Å². The molecule has 0 aromatic rings. The smallest absolute Gasteiger partial charge is 0.462 e. The third-order valence-corrected chi connectivity index (χ3v) is 8.41. The number of carbonyl (C=O) groups is 2. The summed E-state index contributed by atoms with van der Waals surface area (Å²) in [6.45, 7) is 1.97. The van der Waals surface area contributed by atoms with Crippen molar-refractivity contribution in [1.82, 2.24) is 0 Å². The Kier molecular flexibility index (Phi) is 36.5. The Bertz CT molecular complexity index is 1270. The fourth-order valence-electron chi connectivity index (χ4n) is 4.47. The minimum absolute atomic E-state index is 0.0607. The van der Waals surface area contributed by atoms with Gasteiger partial charge in [0, 0.05) is 6.42 Å². The average molecular weight is 789 g/mol. The third-order valence-electron chi connectivity index (χ3n) is 7.46. The summed E-state index contributed by atoms with van der Waals surface area (Å²) < 4.78 is 32.5. The summed E-state index contributed by atoms with van der Waals surface area (Å²) >= 11 is 0. The maximum Gasteiger partial charge on any atom is 0.472 e. The van der Waals surface area contributed by atoms with Crippen LogP contribution in [0.5, 0.6) is 0 Å². The quantitative estimate of drug-likeness (QED) is 0.0245. The van der Waals surface area contributed by atoms with Crippen molar-refractivity contribution in [2.24, 2.45) is 0 Å². The average Bonchev–Trinajstić information content (AvgIpc) is 3.17. The summed E-state index contributed by atoms with van der Waals surface area (Å²) in [4.78, 5) is 34.8. The van der Waals surface area contributed by atoms with Crippen LogP contribution in [0.1, 0.15) is 117 Å². The lowest BCUT2D eigenvalue weighted by Crippen LogP contribution is -2.29. The van der Waals surface area contributed by atoms with Gasteiger partial charge in [-0.3, -0.25) is 18.6 Å². The molecule has 310 valence electrons. The highest BCUT2D eigenvalue weighted by atomic mass is 31.2. The number of rotatable bonds is 35. The normalized spacial score (nSPS) is 15.1. The minimum Gasteiger partial charge on any atom is -0.462 e. The van der Waals surface area contributed by atoms with Gasteiger partial charge in [-0.05, 0) is 77.0 Å². The second kappa shape index (κ2) is 38.9. The molecule has 0 heterocycles. The Morgan fingerprint density at radius 2 is 1.00 bits per heavy atom. The highest BCUT2D eigenvalue weighted by Crippen LogP contribution is 2.43. The van der Waals surface area contributed by atoms with Crippen molar-refractivity contribution in [1.29, 1.82) is 0 Å². The van der Waals surface area contributed by atoms with Crippen LogP contribution in [0.2, 0.25) is 0 Å². The molecule has 0 spiro atoms. The number of hydrogen-bond acceptors (Lipinski definition) is 9. The summed E-state index contributed by atoms with van der Waals surface area (Å²) in [5.41, 5.74) is 0. The Morgan fingerprint density at radius 3 is 1.49 bits per heavy atom. The van der Waals surface area contributed by atoms with Crippen molar-refractivity contribution >= 4 is 19.8 Å². The van der Waals surface area contributed by atoms with Gasteiger partial charge < -0.3 is 24.6 Å². The van der Waals surface area contributed by atoms with Crippen LogP contribution in [0, 0.1) is 0 Å². The number of aliphatic hydroxyl groups is 2. The summed E-state index contributed by atoms with van der Waals surface area (Å²) in [6.07, 6.45) is 48.0. The monoisotopic (exact) mass is 788 g/mol. The van der Waals surface area contributed by atoms with E-state index in [1.807, 2.05) is 18.2 Å². The van der Waals surface area contributed by atoms with Gasteiger partial charge in [-0.25, -0.2) is 4.57 Å². The van der Waals surface area contributed by atoms with Crippen LogP contribution >= 0.6 is 7.82 Å². The van der Waals surface area contributed by atoms with Crippen molar-refractivity contribution in [2.75, 3.05) is 26.4 Å². The first kappa shape index (κ1) is 51.6. The van der Waals surface area contributed by atoms with Crippen molar-refractivity contribution in [2.45, 2.75) is 129 Å². The third kappa shape index (κ3) is 38.7. The van der Waals surface area contributed by atoms with Crippen LogP contribution in [-0.4, -0.2) is 65.7 Å². The first-order valence-electron chi connectivity index (χ1n) is 19.8. The molecule has 10 nitrogen and oxygen atoms in total. The van der Waals surface area contributed by atoms with Crippen molar-refractivity contribution < 1.29 is 47.8 Å². The van der Waals surface area contributed by atoms with Crippen LogP contribution in [0.25, 0.3) is 0 Å². The van der Waals surface area contributed by atoms with Crippen LogP contribution < -0.4 is 0 Å². The van der Waals surface area contributed by atoms with Gasteiger partial charge in [-0.15, -0.1) is 0 Å². The molecule has 0 amide bonds. The van der Waals surface area contributed by atoms with Gasteiger partial charge in [0.1, 0.15) is 12.7 Å². The van der Waals surface area contributed by atoms with E-state index in [1.165, 1.54) is 0 Å². The summed E-state index contributed by atoms with van der Waals surface area (Å²) in [7, 11) is -4.65. The number of aliphatic hydroxyl groups excluding tert-OH is 2. The van der Waals surface area contributed by atoms with Crippen LogP contribution in [-0.2, 0) is 32.7 Å². The van der Waals surface area contributed by atoms with Gasteiger partial charge in [0.25, 0.3) is 0 Å². The predicted molar refractivity (Wildman–Crippen MR) is 223 cm³/mol. The van der Waals surface area contributed by atoms with E-state index in [9.17, 15) is 24.2 Å². The number of phosphoric acid groups is 1. The number of hydrogen-bond donors (Lipinski definition) is 3. The lowest BCUT2D eigenvalue weighted by Gasteiger charge is -2.20. The van der Waals surface area contributed by atoms with E-state index in [1.54, 1.807) is 6.08 Å². The van der Waals surface area contributed by atoms with Crippen LogP contribution in [0.15, 0.2) is 109 Å². The molecule has 11 heteroatoms. The Labute approximate surface area is 331 Å². The van der Waals surface area contributed by atoms with E-state index in [0.29, 0.717) is 12.8 Å². The molecule has 0 saturated carbocycles. The molecule has 0 aliphatic carbocycles. The van der Waals surface area contributed by atoms with E-state index in [2.05, 4.69) is 103 Å². The van der Waals surface area contributed by atoms with Gasteiger partial charge in [0.15, 0.2) is 6.10 Å². The topological polar surface area (TPSA) is 149 Å². The second-order valence-electron chi connectivity index (χ2n) is 12.6. The van der Waals surface area contributed by atoms with Gasteiger partial charge in [0.05, 0.1) is 26.2 Å². The fourth-order valence-corrected chi connectivity index (χ4v) is 5.26. The number of ether oxygens (including phenoxy) is 2. The largest absolute Gasteiger partial charge is 0.472 e. The molecule has 3 N–H and O–H groups in total. The number of phosphoric ester groups is 1. The molecule has 3 unspecified atom stereocenters. The standard InChI is InChI=1S/C44H69O10P/c1-3-5-7-9-11-13-15-17-19-20-22-23-25-27-29-31-33-35-43(47)51-39-42(40-53-55(49,50)52-38-41(46)37-45)54-44(48)36-34-32-30-28-26-24-21-18-16-14-12-10-8-6-4-2/h5-8,11-14,17-19,21-23,26,28,32,34,41-42,45-46H,3-4,9-10,15-16,20,24-25,27,29-31,33,35-40H2,1-2H3,(H,49,50)/b7-5-,8-6-,13-11-,14-12-,19-17-,21-18-,23-22-,28-26-,34-32-. The second-order valence-corrected chi connectivity index (χ2v) is 14.0. The van der Waals surface area contributed by atoms with Gasteiger partial charge in [-0.1, -0.05) is 136 Å². The summed E-state index contributed by atoms with van der Waals surface area (Å²) in [5.74, 6) is -1.11. The molecule has 0 bridgehead atoms. The first-order valence-corrected chi connectivity index (χ1v) is 21.3. The fraction of sp³-hybridized carbons (Fsp3) is 0.545. The molecular weight excluding hydrogens is 719 g/mol. The van der Waals surface area contributed by atoms with E-state index < -0.39 is 51.8 Å². The number of carbonyl (C=O) groups excluding carboxylic acids is 2. The Morgan fingerprint density at radius 1 is 0.564 bits per heavy atom. The Hall–Kier alpha value is -3.37. The van der Waals surface area contributed by atoms with E-state index in [0.717, 1.165) is 77.0 Å². The highest BCUT2D eigenvalue weighted by Gasteiger charge is 2.27.